The molecule has 0 aliphatic rings. The van der Waals surface area contributed by atoms with Gasteiger partial charge in [0.05, 0.1) is 5.52 Å². The summed E-state index contributed by atoms with van der Waals surface area (Å²) in [4.78, 5) is 15.6. The predicted octanol–water partition coefficient (Wildman–Crippen LogP) is 6.05. The van der Waals surface area contributed by atoms with E-state index < -0.39 is 29.7 Å². The highest BCUT2D eigenvalue weighted by Gasteiger charge is 2.39. The number of carboxylic acid groups (broad SMARTS) is 1. The second-order valence-electron chi connectivity index (χ2n) is 7.14. The Hall–Kier alpha value is -3.09. The van der Waals surface area contributed by atoms with Crippen molar-refractivity contribution in [1.29, 1.82) is 0 Å². The standard InChI is InChI=1S/C22H20F3NO3/c1-12(2)14-5-4-6-15(9-14)16-7-8-19-17(10-16)11-18(21(27)28)20(26-19)29-13(3)22(23,24)25/h4-13H,1-3H3,(H,27,28). The number of benzene rings is 2. The van der Waals surface area contributed by atoms with Gasteiger partial charge in [0.1, 0.15) is 5.56 Å². The van der Waals surface area contributed by atoms with Crippen LogP contribution in [-0.2, 0) is 0 Å². The largest absolute Gasteiger partial charge is 0.477 e. The van der Waals surface area contributed by atoms with Gasteiger partial charge in [0.2, 0.25) is 5.88 Å². The molecule has 0 fully saturated rings. The van der Waals surface area contributed by atoms with Crippen LogP contribution in [0.3, 0.4) is 0 Å². The van der Waals surface area contributed by atoms with Gasteiger partial charge in [0.25, 0.3) is 0 Å². The molecule has 0 saturated carbocycles. The number of rotatable bonds is 5. The molecule has 1 heterocycles. The van der Waals surface area contributed by atoms with Gasteiger partial charge in [-0.1, -0.05) is 44.2 Å². The first-order chi connectivity index (χ1) is 13.6. The van der Waals surface area contributed by atoms with Gasteiger partial charge >= 0.3 is 12.1 Å². The lowest BCUT2D eigenvalue weighted by Crippen LogP contribution is -2.32. The summed E-state index contributed by atoms with van der Waals surface area (Å²) in [5, 5.41) is 9.93. The van der Waals surface area contributed by atoms with Gasteiger partial charge in [-0.15, -0.1) is 0 Å². The maximum absolute atomic E-state index is 12.8. The van der Waals surface area contributed by atoms with Gasteiger partial charge in [0.15, 0.2) is 6.10 Å². The molecule has 7 heteroatoms. The molecule has 0 saturated heterocycles. The normalized spacial score (nSPS) is 12.9. The molecule has 4 nitrogen and oxygen atoms in total. The Balaban J connectivity index is 2.07. The van der Waals surface area contributed by atoms with E-state index in [-0.39, 0.29) is 0 Å². The number of aromatic carboxylic acids is 1. The summed E-state index contributed by atoms with van der Waals surface area (Å²) in [6, 6.07) is 14.5. The van der Waals surface area contributed by atoms with E-state index in [4.69, 9.17) is 4.74 Å². The third-order valence-electron chi connectivity index (χ3n) is 4.65. The first-order valence-electron chi connectivity index (χ1n) is 9.08. The number of hydrogen-bond acceptors (Lipinski definition) is 3. The van der Waals surface area contributed by atoms with Gasteiger partial charge in [-0.3, -0.25) is 0 Å². The van der Waals surface area contributed by atoms with Crippen molar-refractivity contribution in [1.82, 2.24) is 4.98 Å². The molecule has 3 aromatic rings. The van der Waals surface area contributed by atoms with Crippen molar-refractivity contribution in [3.8, 4) is 17.0 Å². The zero-order chi connectivity index (χ0) is 21.3. The topological polar surface area (TPSA) is 59.4 Å². The zero-order valence-electron chi connectivity index (χ0n) is 16.1. The third kappa shape index (κ3) is 4.50. The van der Waals surface area contributed by atoms with Gasteiger partial charge in [0, 0.05) is 5.39 Å². The summed E-state index contributed by atoms with van der Waals surface area (Å²) in [6.45, 7) is 4.99. The quantitative estimate of drug-likeness (QED) is 0.563. The van der Waals surface area contributed by atoms with Gasteiger partial charge in [-0.2, -0.15) is 13.2 Å². The van der Waals surface area contributed by atoms with Crippen LogP contribution in [0.25, 0.3) is 22.0 Å². The van der Waals surface area contributed by atoms with Crippen LogP contribution in [0.15, 0.2) is 48.5 Å². The average molecular weight is 403 g/mol. The van der Waals surface area contributed by atoms with Crippen molar-refractivity contribution in [3.05, 3.63) is 59.7 Å². The van der Waals surface area contributed by atoms with E-state index in [0.717, 1.165) is 23.6 Å². The fraction of sp³-hybridized carbons (Fsp3) is 0.273. The molecular weight excluding hydrogens is 383 g/mol. The smallest absolute Gasteiger partial charge is 0.425 e. The van der Waals surface area contributed by atoms with Gasteiger partial charge in [-0.25, -0.2) is 9.78 Å². The van der Waals surface area contributed by atoms with E-state index in [2.05, 4.69) is 24.9 Å². The van der Waals surface area contributed by atoms with E-state index in [9.17, 15) is 23.1 Å². The van der Waals surface area contributed by atoms with Crippen molar-refractivity contribution in [2.45, 2.75) is 39.0 Å². The second kappa shape index (κ2) is 7.73. The molecule has 0 aliphatic heterocycles. The van der Waals surface area contributed by atoms with Gasteiger partial charge in [-0.05, 0) is 47.7 Å². The molecule has 0 amide bonds. The van der Waals surface area contributed by atoms with Crippen LogP contribution in [0.4, 0.5) is 13.2 Å². The number of hydrogen-bond donors (Lipinski definition) is 1. The van der Waals surface area contributed by atoms with Crippen molar-refractivity contribution in [3.63, 3.8) is 0 Å². The van der Waals surface area contributed by atoms with Crippen LogP contribution in [0.1, 0.15) is 42.6 Å². The van der Waals surface area contributed by atoms with Crippen molar-refractivity contribution in [2.24, 2.45) is 0 Å². The number of ether oxygens (including phenoxy) is 1. The average Bonchev–Trinajstić information content (AvgIpc) is 2.66. The van der Waals surface area contributed by atoms with Crippen LogP contribution < -0.4 is 4.74 Å². The van der Waals surface area contributed by atoms with Crippen molar-refractivity contribution >= 4 is 16.9 Å². The SMILES string of the molecule is CC(C)c1cccc(-c2ccc3nc(OC(C)C(F)(F)F)c(C(=O)O)cc3c2)c1. The summed E-state index contributed by atoms with van der Waals surface area (Å²) in [5.74, 6) is -1.61. The molecule has 0 aliphatic carbocycles. The van der Waals surface area contributed by atoms with Crippen LogP contribution >= 0.6 is 0 Å². The van der Waals surface area contributed by atoms with Gasteiger partial charge < -0.3 is 9.84 Å². The highest BCUT2D eigenvalue weighted by molar-refractivity contribution is 5.96. The van der Waals surface area contributed by atoms with Crippen molar-refractivity contribution < 1.29 is 27.8 Å². The highest BCUT2D eigenvalue weighted by atomic mass is 19.4. The number of carboxylic acids is 1. The molecular formula is C22H20F3NO3. The number of alkyl halides is 3. The van der Waals surface area contributed by atoms with Crippen molar-refractivity contribution in [2.75, 3.05) is 0 Å². The molecule has 0 spiro atoms. The maximum atomic E-state index is 12.8. The minimum Gasteiger partial charge on any atom is -0.477 e. The van der Waals surface area contributed by atoms with Crippen LogP contribution in [0.5, 0.6) is 5.88 Å². The lowest BCUT2D eigenvalue weighted by Gasteiger charge is -2.18. The first kappa shape index (κ1) is 20.6. The fourth-order valence-corrected chi connectivity index (χ4v) is 2.89. The molecule has 0 bridgehead atoms. The Kier molecular flexibility index (Phi) is 5.50. The summed E-state index contributed by atoms with van der Waals surface area (Å²) in [5.41, 5.74) is 2.91. The number of nitrogens with zero attached hydrogens (tertiary/aromatic N) is 1. The highest BCUT2D eigenvalue weighted by Crippen LogP contribution is 2.31. The molecule has 1 aromatic heterocycles. The third-order valence-corrected chi connectivity index (χ3v) is 4.65. The van der Waals surface area contributed by atoms with Crippen LogP contribution in [-0.4, -0.2) is 28.3 Å². The molecule has 0 radical (unpaired) electrons. The zero-order valence-corrected chi connectivity index (χ0v) is 16.1. The lowest BCUT2D eigenvalue weighted by molar-refractivity contribution is -0.190. The first-order valence-corrected chi connectivity index (χ1v) is 9.08. The van der Waals surface area contributed by atoms with E-state index in [0.29, 0.717) is 16.8 Å². The molecule has 152 valence electrons. The molecule has 29 heavy (non-hydrogen) atoms. The Morgan fingerprint density at radius 2 is 1.72 bits per heavy atom. The number of pyridine rings is 1. The molecule has 2 aromatic carbocycles. The molecule has 1 N–H and O–H groups in total. The molecule has 3 rings (SSSR count). The monoisotopic (exact) mass is 403 g/mol. The molecule has 1 atom stereocenters. The Bertz CT molecular complexity index is 1060. The Morgan fingerprint density at radius 3 is 2.34 bits per heavy atom. The minimum atomic E-state index is -4.63. The number of carbonyl (C=O) groups is 1. The maximum Gasteiger partial charge on any atom is 0.425 e. The minimum absolute atomic E-state index is 0.350. The van der Waals surface area contributed by atoms with E-state index in [1.807, 2.05) is 18.2 Å². The van der Waals surface area contributed by atoms with Crippen LogP contribution in [0.2, 0.25) is 0 Å². The number of halogens is 3. The lowest BCUT2D eigenvalue weighted by atomic mass is 9.96. The summed E-state index contributed by atoms with van der Waals surface area (Å²) >= 11 is 0. The summed E-state index contributed by atoms with van der Waals surface area (Å²) in [6.07, 6.45) is -6.80. The fourth-order valence-electron chi connectivity index (χ4n) is 2.89. The van der Waals surface area contributed by atoms with E-state index >= 15 is 0 Å². The summed E-state index contributed by atoms with van der Waals surface area (Å²) < 4.78 is 43.3. The Labute approximate surface area is 166 Å². The summed E-state index contributed by atoms with van der Waals surface area (Å²) in [7, 11) is 0. The number of fused-ring (bicyclic) bond motifs is 1. The van der Waals surface area contributed by atoms with E-state index in [1.54, 1.807) is 18.2 Å². The Morgan fingerprint density at radius 1 is 1.03 bits per heavy atom. The van der Waals surface area contributed by atoms with Crippen LogP contribution in [0, 0.1) is 0 Å². The second-order valence-corrected chi connectivity index (χ2v) is 7.14. The number of aromatic nitrogens is 1. The van der Waals surface area contributed by atoms with E-state index in [1.165, 1.54) is 6.07 Å². The predicted molar refractivity (Wildman–Crippen MR) is 104 cm³/mol. The molecule has 1 unspecified atom stereocenters.